The summed E-state index contributed by atoms with van der Waals surface area (Å²) in [5, 5.41) is 6.00. The molecule has 1 saturated heterocycles. The number of hydrogen-bond acceptors (Lipinski definition) is 2. The molecule has 0 bridgehead atoms. The van der Waals surface area contributed by atoms with Gasteiger partial charge in [-0.25, -0.2) is 0 Å². The summed E-state index contributed by atoms with van der Waals surface area (Å²) in [5.41, 5.74) is -0.875. The number of hydrogen-bond donors (Lipinski definition) is 2. The van der Waals surface area contributed by atoms with Crippen molar-refractivity contribution in [2.45, 2.75) is 31.5 Å². The third kappa shape index (κ3) is 3.12. The number of carbonyl (C=O) groups excluding carboxylic acids is 1. The zero-order valence-corrected chi connectivity index (χ0v) is 11.2. The van der Waals surface area contributed by atoms with Gasteiger partial charge in [0, 0.05) is 6.92 Å². The Hall–Kier alpha value is -1.56. The number of alkyl halides is 3. The van der Waals surface area contributed by atoms with Crippen LogP contribution in [0, 0.1) is 0 Å². The van der Waals surface area contributed by atoms with Crippen LogP contribution in [0.2, 0.25) is 0 Å². The highest BCUT2D eigenvalue weighted by atomic mass is 19.4. The van der Waals surface area contributed by atoms with E-state index in [9.17, 15) is 18.0 Å². The molecule has 1 fully saturated rings. The van der Waals surface area contributed by atoms with Gasteiger partial charge < -0.3 is 10.6 Å². The molecule has 0 aliphatic carbocycles. The molecule has 110 valence electrons. The summed E-state index contributed by atoms with van der Waals surface area (Å²) < 4.78 is 38.5. The molecule has 3 nitrogen and oxygen atoms in total. The summed E-state index contributed by atoms with van der Waals surface area (Å²) in [6.07, 6.45) is -3.22. The SMILES string of the molecule is CC(=O)NC1(c2cccc(C(F)(F)F)c2)CCNCC1. The predicted molar refractivity (Wildman–Crippen MR) is 69.0 cm³/mol. The van der Waals surface area contributed by atoms with E-state index in [4.69, 9.17) is 0 Å². The first kappa shape index (κ1) is 14.8. The van der Waals surface area contributed by atoms with Crippen molar-refractivity contribution in [2.75, 3.05) is 13.1 Å². The molecule has 0 unspecified atom stereocenters. The van der Waals surface area contributed by atoms with Crippen LogP contribution < -0.4 is 10.6 Å². The van der Waals surface area contributed by atoms with E-state index < -0.39 is 17.3 Å². The van der Waals surface area contributed by atoms with Gasteiger partial charge in [0.15, 0.2) is 0 Å². The zero-order valence-electron chi connectivity index (χ0n) is 11.2. The minimum absolute atomic E-state index is 0.232. The van der Waals surface area contributed by atoms with Crippen molar-refractivity contribution in [3.8, 4) is 0 Å². The fraction of sp³-hybridized carbons (Fsp3) is 0.500. The van der Waals surface area contributed by atoms with Crippen molar-refractivity contribution >= 4 is 5.91 Å². The molecule has 0 atom stereocenters. The number of rotatable bonds is 2. The third-order valence-electron chi connectivity index (χ3n) is 3.61. The highest BCUT2D eigenvalue weighted by Gasteiger charge is 2.37. The minimum atomic E-state index is -4.37. The van der Waals surface area contributed by atoms with Crippen LogP contribution in [0.5, 0.6) is 0 Å². The second-order valence-electron chi connectivity index (χ2n) is 5.09. The lowest BCUT2D eigenvalue weighted by atomic mass is 9.80. The summed E-state index contributed by atoms with van der Waals surface area (Å²) in [6.45, 7) is 2.71. The van der Waals surface area contributed by atoms with Gasteiger partial charge in [0.25, 0.3) is 0 Å². The molecule has 1 aromatic rings. The van der Waals surface area contributed by atoms with Gasteiger partial charge in [0.1, 0.15) is 0 Å². The zero-order chi connectivity index (χ0) is 14.8. The molecular formula is C14H17F3N2O. The second kappa shape index (κ2) is 5.44. The molecule has 1 aliphatic heterocycles. The topological polar surface area (TPSA) is 41.1 Å². The molecule has 0 spiro atoms. The first-order chi connectivity index (χ1) is 9.33. The number of halogens is 3. The van der Waals surface area contributed by atoms with Crippen molar-refractivity contribution in [1.29, 1.82) is 0 Å². The van der Waals surface area contributed by atoms with Crippen LogP contribution in [0.1, 0.15) is 30.9 Å². The van der Waals surface area contributed by atoms with Gasteiger partial charge in [-0.1, -0.05) is 12.1 Å². The van der Waals surface area contributed by atoms with E-state index in [2.05, 4.69) is 10.6 Å². The maximum atomic E-state index is 12.8. The lowest BCUT2D eigenvalue weighted by Gasteiger charge is -2.39. The second-order valence-corrected chi connectivity index (χ2v) is 5.09. The molecule has 0 saturated carbocycles. The lowest BCUT2D eigenvalue weighted by molar-refractivity contribution is -0.137. The number of nitrogens with one attached hydrogen (secondary N) is 2. The average Bonchev–Trinajstić information content (AvgIpc) is 2.38. The third-order valence-corrected chi connectivity index (χ3v) is 3.61. The summed E-state index contributed by atoms with van der Waals surface area (Å²) in [5.74, 6) is -0.232. The van der Waals surface area contributed by atoms with Crippen LogP contribution in [0.3, 0.4) is 0 Å². The highest BCUT2D eigenvalue weighted by Crippen LogP contribution is 2.35. The largest absolute Gasteiger partial charge is 0.416 e. The fourth-order valence-corrected chi connectivity index (χ4v) is 2.67. The summed E-state index contributed by atoms with van der Waals surface area (Å²) in [6, 6.07) is 5.23. The average molecular weight is 286 g/mol. The predicted octanol–water partition coefficient (Wildman–Crippen LogP) is 2.42. The highest BCUT2D eigenvalue weighted by molar-refractivity contribution is 5.74. The smallest absolute Gasteiger partial charge is 0.347 e. The Kier molecular flexibility index (Phi) is 4.04. The Labute approximate surface area is 115 Å². The molecule has 20 heavy (non-hydrogen) atoms. The quantitative estimate of drug-likeness (QED) is 0.876. The Morgan fingerprint density at radius 2 is 1.95 bits per heavy atom. The maximum Gasteiger partial charge on any atom is 0.416 e. The van der Waals surface area contributed by atoms with Gasteiger partial charge in [-0.2, -0.15) is 13.2 Å². The molecule has 0 aromatic heterocycles. The van der Waals surface area contributed by atoms with Crippen molar-refractivity contribution in [3.05, 3.63) is 35.4 Å². The fourth-order valence-electron chi connectivity index (χ4n) is 2.67. The molecule has 1 aliphatic rings. The van der Waals surface area contributed by atoms with Crippen molar-refractivity contribution in [3.63, 3.8) is 0 Å². The molecule has 0 radical (unpaired) electrons. The molecular weight excluding hydrogens is 269 g/mol. The Morgan fingerprint density at radius 3 is 2.50 bits per heavy atom. The number of amides is 1. The molecule has 2 rings (SSSR count). The maximum absolute atomic E-state index is 12.8. The monoisotopic (exact) mass is 286 g/mol. The first-order valence-corrected chi connectivity index (χ1v) is 6.51. The van der Waals surface area contributed by atoms with Crippen LogP contribution in [0.4, 0.5) is 13.2 Å². The minimum Gasteiger partial charge on any atom is -0.347 e. The molecule has 6 heteroatoms. The number of piperidine rings is 1. The normalized spacial score (nSPS) is 18.6. The standard InChI is InChI=1S/C14H17F3N2O/c1-10(20)19-13(5-7-18-8-6-13)11-3-2-4-12(9-11)14(15,16)17/h2-4,9,18H,5-8H2,1H3,(H,19,20). The van der Waals surface area contributed by atoms with Gasteiger partial charge in [-0.05, 0) is 43.6 Å². The van der Waals surface area contributed by atoms with Crippen LogP contribution in [-0.2, 0) is 16.5 Å². The Bertz CT molecular complexity index is 493. The van der Waals surface area contributed by atoms with Gasteiger partial charge in [0.2, 0.25) is 5.91 Å². The molecule has 1 heterocycles. The molecule has 2 N–H and O–H groups in total. The van der Waals surface area contributed by atoms with Crippen molar-refractivity contribution < 1.29 is 18.0 Å². The van der Waals surface area contributed by atoms with Gasteiger partial charge in [-0.3, -0.25) is 4.79 Å². The van der Waals surface area contributed by atoms with E-state index in [0.29, 0.717) is 31.5 Å². The summed E-state index contributed by atoms with van der Waals surface area (Å²) in [4.78, 5) is 11.4. The number of benzene rings is 1. The molecule has 1 aromatic carbocycles. The summed E-state index contributed by atoms with van der Waals surface area (Å²) in [7, 11) is 0. The first-order valence-electron chi connectivity index (χ1n) is 6.51. The van der Waals surface area contributed by atoms with E-state index in [-0.39, 0.29) is 5.91 Å². The Balaban J connectivity index is 2.41. The van der Waals surface area contributed by atoms with Gasteiger partial charge in [0.05, 0.1) is 11.1 Å². The summed E-state index contributed by atoms with van der Waals surface area (Å²) >= 11 is 0. The van der Waals surface area contributed by atoms with E-state index in [0.717, 1.165) is 12.1 Å². The van der Waals surface area contributed by atoms with E-state index in [1.165, 1.54) is 13.0 Å². The van der Waals surface area contributed by atoms with E-state index >= 15 is 0 Å². The van der Waals surface area contributed by atoms with Crippen LogP contribution in [0.25, 0.3) is 0 Å². The van der Waals surface area contributed by atoms with Crippen LogP contribution in [-0.4, -0.2) is 19.0 Å². The molecule has 1 amide bonds. The Morgan fingerprint density at radius 1 is 1.30 bits per heavy atom. The van der Waals surface area contributed by atoms with Gasteiger partial charge >= 0.3 is 6.18 Å². The van der Waals surface area contributed by atoms with Gasteiger partial charge in [-0.15, -0.1) is 0 Å². The van der Waals surface area contributed by atoms with Crippen LogP contribution >= 0.6 is 0 Å². The lowest BCUT2D eigenvalue weighted by Crippen LogP contribution is -2.51. The van der Waals surface area contributed by atoms with Crippen LogP contribution in [0.15, 0.2) is 24.3 Å². The van der Waals surface area contributed by atoms with Crippen molar-refractivity contribution in [1.82, 2.24) is 10.6 Å². The van der Waals surface area contributed by atoms with E-state index in [1.54, 1.807) is 6.07 Å². The van der Waals surface area contributed by atoms with Crippen molar-refractivity contribution in [2.24, 2.45) is 0 Å². The van der Waals surface area contributed by atoms with E-state index in [1.807, 2.05) is 0 Å². The number of carbonyl (C=O) groups is 1.